The Kier molecular flexibility index (Phi) is 9.75. The number of alkyl halides is 3. The SMILES string of the molecule is C[C@H](Oc1ccc(S(=O)(=O)[C@@H]2C[C@@H](C(=O)NC3(C#N)CC3)N(C(=O)C3(c4ncc(Br)cc4F)CCN3)C2)c(Cl)c1)C(F)(F)F.Cl. The number of nitrogens with zero attached hydrogens (tertiary/aromatic N) is 3. The third kappa shape index (κ3) is 6.60. The van der Waals surface area contributed by atoms with Crippen LogP contribution >= 0.6 is 39.9 Å². The summed E-state index contributed by atoms with van der Waals surface area (Å²) < 4.78 is 86.7. The fourth-order valence-electron chi connectivity index (χ4n) is 5.27. The standard InChI is InChI=1S/C27H25BrClF4N5O5S.ClH/c1-14(27(31,32)33)43-16-2-3-21(18(29)9-16)44(41,42)17-10-20(23(39)37-25(13-34)4-5-25)38(12-17)24(40)26(6-7-36-26)22-19(30)8-15(28)11-35-22;/h2-3,8-9,11,14,17,20,36H,4-7,10,12H2,1H3,(H,37,39);1H/t14-,17+,20-,26?;/m0./s1. The summed E-state index contributed by atoms with van der Waals surface area (Å²) in [4.78, 5) is 32.3. The molecule has 244 valence electrons. The molecule has 3 heterocycles. The maximum Gasteiger partial charge on any atom is 0.425 e. The number of benzene rings is 1. The highest BCUT2D eigenvalue weighted by molar-refractivity contribution is 9.10. The Labute approximate surface area is 275 Å². The summed E-state index contributed by atoms with van der Waals surface area (Å²) in [7, 11) is -4.39. The van der Waals surface area contributed by atoms with E-state index in [2.05, 4.69) is 31.5 Å². The minimum Gasteiger partial charge on any atom is -0.481 e. The molecule has 2 N–H and O–H groups in total. The highest BCUT2D eigenvalue weighted by Crippen LogP contribution is 2.41. The second-order valence-corrected chi connectivity index (χ2v) is 14.5. The van der Waals surface area contributed by atoms with Crippen LogP contribution in [0.2, 0.25) is 5.02 Å². The molecule has 0 spiro atoms. The smallest absolute Gasteiger partial charge is 0.425 e. The Morgan fingerprint density at radius 3 is 2.47 bits per heavy atom. The number of carbonyl (C=O) groups is 2. The van der Waals surface area contributed by atoms with E-state index in [9.17, 15) is 36.4 Å². The predicted octanol–water partition coefficient (Wildman–Crippen LogP) is 4.19. The van der Waals surface area contributed by atoms with Crippen molar-refractivity contribution in [3.8, 4) is 11.8 Å². The van der Waals surface area contributed by atoms with Crippen LogP contribution in [0, 0.1) is 17.1 Å². The molecule has 4 atom stereocenters. The molecule has 1 aromatic carbocycles. The maximum atomic E-state index is 15.1. The van der Waals surface area contributed by atoms with E-state index in [0.29, 0.717) is 23.9 Å². The van der Waals surface area contributed by atoms with Gasteiger partial charge in [0.2, 0.25) is 11.8 Å². The first kappa shape index (κ1) is 35.1. The summed E-state index contributed by atoms with van der Waals surface area (Å²) in [5.41, 5.74) is -3.01. The lowest BCUT2D eigenvalue weighted by atomic mass is 9.82. The van der Waals surface area contributed by atoms with E-state index < -0.39 is 78.6 Å². The molecule has 2 aromatic rings. The maximum absolute atomic E-state index is 15.1. The quantitative estimate of drug-likeness (QED) is 0.382. The van der Waals surface area contributed by atoms with Gasteiger partial charge in [0.15, 0.2) is 15.9 Å². The molecule has 0 radical (unpaired) electrons. The first-order valence-corrected chi connectivity index (χ1v) is 16.1. The Morgan fingerprint density at radius 2 is 1.96 bits per heavy atom. The molecule has 0 bridgehead atoms. The Balaban J connectivity index is 0.00000461. The largest absolute Gasteiger partial charge is 0.481 e. The van der Waals surface area contributed by atoms with Crippen LogP contribution in [0.1, 0.15) is 38.3 Å². The van der Waals surface area contributed by atoms with Crippen LogP contribution in [-0.4, -0.2) is 72.3 Å². The lowest BCUT2D eigenvalue weighted by Gasteiger charge is -2.44. The number of pyridine rings is 1. The third-order valence-electron chi connectivity index (χ3n) is 8.08. The van der Waals surface area contributed by atoms with Crippen molar-refractivity contribution in [1.29, 1.82) is 5.26 Å². The zero-order valence-corrected chi connectivity index (χ0v) is 27.3. The van der Waals surface area contributed by atoms with E-state index in [1.165, 1.54) is 6.20 Å². The molecule has 1 unspecified atom stereocenters. The van der Waals surface area contributed by atoms with Crippen molar-refractivity contribution in [2.45, 2.75) is 72.2 Å². The van der Waals surface area contributed by atoms with Crippen LogP contribution in [0.5, 0.6) is 5.75 Å². The van der Waals surface area contributed by atoms with E-state index in [1.54, 1.807) is 0 Å². The summed E-state index contributed by atoms with van der Waals surface area (Å²) in [6.07, 6.45) is -5.04. The number of likely N-dealkylation sites (tertiary alicyclic amines) is 1. The van der Waals surface area contributed by atoms with Gasteiger partial charge in [0.25, 0.3) is 0 Å². The van der Waals surface area contributed by atoms with Crippen LogP contribution in [0.3, 0.4) is 0 Å². The van der Waals surface area contributed by atoms with Crippen molar-refractivity contribution in [3.05, 3.63) is 51.5 Å². The number of nitriles is 1. The van der Waals surface area contributed by atoms with Gasteiger partial charge in [-0.3, -0.25) is 19.9 Å². The highest BCUT2D eigenvalue weighted by Gasteiger charge is 2.57. The van der Waals surface area contributed by atoms with Crippen LogP contribution in [0.15, 0.2) is 39.8 Å². The molecule has 2 saturated heterocycles. The van der Waals surface area contributed by atoms with Gasteiger partial charge >= 0.3 is 6.18 Å². The zero-order chi connectivity index (χ0) is 32.2. The topological polar surface area (TPSA) is 141 Å². The molecule has 18 heteroatoms. The first-order valence-electron chi connectivity index (χ1n) is 13.4. The molecule has 3 fully saturated rings. The monoisotopic (exact) mass is 757 g/mol. The second kappa shape index (κ2) is 12.5. The van der Waals surface area contributed by atoms with Crippen molar-refractivity contribution in [1.82, 2.24) is 20.5 Å². The number of rotatable bonds is 8. The molecular formula is C27H26BrCl2F4N5O5S. The molecule has 2 aliphatic heterocycles. The number of hydrogen-bond donors (Lipinski definition) is 2. The third-order valence-corrected chi connectivity index (χ3v) is 11.1. The number of sulfone groups is 1. The van der Waals surface area contributed by atoms with E-state index in [1.807, 2.05) is 6.07 Å². The summed E-state index contributed by atoms with van der Waals surface area (Å²) in [6, 6.07) is 4.77. The fraction of sp³-hybridized carbons (Fsp3) is 0.481. The number of ether oxygens (including phenoxy) is 1. The number of carbonyl (C=O) groups excluding carboxylic acids is 2. The van der Waals surface area contributed by atoms with Gasteiger partial charge in [0.05, 0.1) is 21.2 Å². The van der Waals surface area contributed by atoms with Crippen LogP contribution in [-0.2, 0) is 25.0 Å². The fourth-order valence-corrected chi connectivity index (χ4v) is 7.81. The zero-order valence-electron chi connectivity index (χ0n) is 23.3. The summed E-state index contributed by atoms with van der Waals surface area (Å²) in [6.45, 7) is 0.620. The average molecular weight is 759 g/mol. The van der Waals surface area contributed by atoms with Gasteiger partial charge in [-0.1, -0.05) is 11.6 Å². The Morgan fingerprint density at radius 1 is 1.29 bits per heavy atom. The van der Waals surface area contributed by atoms with Crippen LogP contribution in [0.4, 0.5) is 17.6 Å². The van der Waals surface area contributed by atoms with Crippen molar-refractivity contribution >= 4 is 61.6 Å². The van der Waals surface area contributed by atoms with Gasteiger partial charge in [0.1, 0.15) is 34.4 Å². The minimum atomic E-state index is -4.67. The molecule has 3 aliphatic rings. The van der Waals surface area contributed by atoms with Gasteiger partial charge in [-0.15, -0.1) is 12.4 Å². The summed E-state index contributed by atoms with van der Waals surface area (Å²) in [5, 5.41) is 13.2. The van der Waals surface area contributed by atoms with E-state index in [4.69, 9.17) is 16.3 Å². The number of hydrogen-bond acceptors (Lipinski definition) is 8. The van der Waals surface area contributed by atoms with Crippen LogP contribution < -0.4 is 15.4 Å². The number of aromatic nitrogens is 1. The van der Waals surface area contributed by atoms with Gasteiger partial charge < -0.3 is 15.0 Å². The first-order chi connectivity index (χ1) is 20.5. The average Bonchev–Trinajstić information content (AvgIpc) is 3.53. The van der Waals surface area contributed by atoms with Crippen molar-refractivity contribution in [2.75, 3.05) is 13.1 Å². The lowest BCUT2D eigenvalue weighted by Crippen LogP contribution is -2.66. The van der Waals surface area contributed by atoms with Crippen molar-refractivity contribution < 1.29 is 40.3 Å². The molecule has 2 amide bonds. The number of nitrogens with one attached hydrogen (secondary N) is 2. The van der Waals surface area contributed by atoms with Gasteiger partial charge in [-0.2, -0.15) is 18.4 Å². The normalized spacial score (nSPS) is 24.4. The van der Waals surface area contributed by atoms with Gasteiger partial charge in [-0.25, -0.2) is 12.8 Å². The molecule has 5 rings (SSSR count). The van der Waals surface area contributed by atoms with Crippen molar-refractivity contribution in [2.24, 2.45) is 0 Å². The van der Waals surface area contributed by atoms with Crippen molar-refractivity contribution in [3.63, 3.8) is 0 Å². The van der Waals surface area contributed by atoms with E-state index in [0.717, 1.165) is 36.1 Å². The Bertz CT molecular complexity index is 1670. The number of halogens is 7. The molecule has 45 heavy (non-hydrogen) atoms. The molecule has 1 saturated carbocycles. The van der Waals surface area contributed by atoms with Crippen LogP contribution in [0.25, 0.3) is 0 Å². The molecular weight excluding hydrogens is 733 g/mol. The van der Waals surface area contributed by atoms with E-state index >= 15 is 4.39 Å². The van der Waals surface area contributed by atoms with Gasteiger partial charge in [0, 0.05) is 23.3 Å². The molecule has 1 aromatic heterocycles. The molecule has 1 aliphatic carbocycles. The summed E-state index contributed by atoms with van der Waals surface area (Å²) in [5.74, 6) is -2.62. The van der Waals surface area contributed by atoms with E-state index in [-0.39, 0.29) is 36.7 Å². The lowest BCUT2D eigenvalue weighted by molar-refractivity contribution is -0.189. The summed E-state index contributed by atoms with van der Waals surface area (Å²) >= 11 is 9.34. The van der Waals surface area contributed by atoms with Gasteiger partial charge in [-0.05, 0) is 73.3 Å². The Hall–Kier alpha value is -2.71. The minimum absolute atomic E-state index is 0. The highest BCUT2D eigenvalue weighted by atomic mass is 79.9. The second-order valence-electron chi connectivity index (χ2n) is 11.0. The molecule has 10 nitrogen and oxygen atoms in total. The number of amides is 2. The predicted molar refractivity (Wildman–Crippen MR) is 158 cm³/mol.